The van der Waals surface area contributed by atoms with Crippen LogP contribution in [0.2, 0.25) is 0 Å². The Bertz CT molecular complexity index is 767. The second kappa shape index (κ2) is 11.7. The summed E-state index contributed by atoms with van der Waals surface area (Å²) in [5.41, 5.74) is 0. The lowest BCUT2D eigenvalue weighted by atomic mass is 10.3. The Balaban J connectivity index is 0.00000300. The molecule has 1 saturated heterocycles. The lowest BCUT2D eigenvalue weighted by Gasteiger charge is -2.37. The summed E-state index contributed by atoms with van der Waals surface area (Å²) in [6, 6.07) is 13.7. The fourth-order valence-electron chi connectivity index (χ4n) is 3.23. The van der Waals surface area contributed by atoms with Crippen LogP contribution in [0.4, 0.5) is 5.82 Å². The third-order valence-corrected chi connectivity index (χ3v) is 4.71. The maximum absolute atomic E-state index is 6.02. The predicted octanol–water partition coefficient (Wildman–Crippen LogP) is 2.87. The van der Waals surface area contributed by atoms with Gasteiger partial charge in [0, 0.05) is 39.4 Å². The minimum absolute atomic E-state index is 0. The van der Waals surface area contributed by atoms with Crippen molar-refractivity contribution in [3.05, 3.63) is 48.7 Å². The van der Waals surface area contributed by atoms with Gasteiger partial charge in [0.1, 0.15) is 11.9 Å². The molecule has 0 bridgehead atoms. The summed E-state index contributed by atoms with van der Waals surface area (Å²) < 4.78 is 11.4. The molecule has 1 aliphatic rings. The molecule has 7 nitrogen and oxygen atoms in total. The molecular formula is C21H30IN5O2. The van der Waals surface area contributed by atoms with Crippen LogP contribution in [0.1, 0.15) is 6.92 Å². The number of hydrogen-bond donors (Lipinski definition) is 1. The number of guanidine groups is 1. The van der Waals surface area contributed by atoms with Crippen molar-refractivity contribution in [2.75, 3.05) is 51.8 Å². The number of anilines is 1. The molecule has 8 heteroatoms. The first-order valence-corrected chi connectivity index (χ1v) is 9.62. The van der Waals surface area contributed by atoms with Crippen molar-refractivity contribution in [2.45, 2.75) is 13.0 Å². The van der Waals surface area contributed by atoms with Gasteiger partial charge in [-0.25, -0.2) is 4.98 Å². The second-order valence-electron chi connectivity index (χ2n) is 6.67. The van der Waals surface area contributed by atoms with Crippen LogP contribution in [0, 0.1) is 0 Å². The van der Waals surface area contributed by atoms with Crippen molar-refractivity contribution in [2.24, 2.45) is 4.99 Å². The largest absolute Gasteiger partial charge is 0.493 e. The van der Waals surface area contributed by atoms with Crippen LogP contribution in [-0.4, -0.2) is 68.8 Å². The summed E-state index contributed by atoms with van der Waals surface area (Å²) >= 11 is 0. The number of halogens is 1. The summed E-state index contributed by atoms with van der Waals surface area (Å²) in [4.78, 5) is 13.5. The molecule has 0 spiro atoms. The van der Waals surface area contributed by atoms with E-state index in [1.54, 1.807) is 7.11 Å². The molecule has 2 aromatic rings. The third kappa shape index (κ3) is 6.38. The fraction of sp³-hybridized carbons (Fsp3) is 0.429. The lowest BCUT2D eigenvalue weighted by Crippen LogP contribution is -2.53. The predicted molar refractivity (Wildman–Crippen MR) is 128 cm³/mol. The molecule has 0 amide bonds. The van der Waals surface area contributed by atoms with Crippen molar-refractivity contribution in [3.63, 3.8) is 0 Å². The zero-order valence-electron chi connectivity index (χ0n) is 17.2. The summed E-state index contributed by atoms with van der Waals surface area (Å²) in [6.07, 6.45) is 1.81. The first-order chi connectivity index (χ1) is 13.7. The van der Waals surface area contributed by atoms with Gasteiger partial charge in [0.15, 0.2) is 17.5 Å². The highest BCUT2D eigenvalue weighted by Gasteiger charge is 2.20. The standard InChI is InChI=1S/C21H29N5O2.HI/c1-17(28-19-9-5-4-8-18(19)27-3)16-24-21(22-2)26-14-12-25(13-15-26)20-10-6-7-11-23-20;/h4-11,17H,12-16H2,1-3H3,(H,22,24);1H. The topological polar surface area (TPSA) is 62.2 Å². The Morgan fingerprint density at radius 3 is 2.41 bits per heavy atom. The van der Waals surface area contributed by atoms with Gasteiger partial charge in [-0.05, 0) is 31.2 Å². The van der Waals surface area contributed by atoms with E-state index in [9.17, 15) is 0 Å². The molecule has 1 fully saturated rings. The molecular weight excluding hydrogens is 481 g/mol. The maximum Gasteiger partial charge on any atom is 0.193 e. The SMILES string of the molecule is CN=C(NCC(C)Oc1ccccc1OC)N1CCN(c2ccccn2)CC1.I. The Morgan fingerprint density at radius 1 is 1.10 bits per heavy atom. The van der Waals surface area contributed by atoms with E-state index in [1.807, 2.05) is 56.6 Å². The van der Waals surface area contributed by atoms with Crippen molar-refractivity contribution in [1.82, 2.24) is 15.2 Å². The molecule has 1 atom stereocenters. The molecule has 1 aromatic carbocycles. The number of nitrogens with one attached hydrogen (secondary N) is 1. The molecule has 0 aliphatic carbocycles. The summed E-state index contributed by atoms with van der Waals surface area (Å²) in [7, 11) is 3.47. The molecule has 1 aromatic heterocycles. The van der Waals surface area contributed by atoms with Crippen LogP contribution in [0.25, 0.3) is 0 Å². The molecule has 158 valence electrons. The molecule has 1 unspecified atom stereocenters. The van der Waals surface area contributed by atoms with E-state index in [-0.39, 0.29) is 30.1 Å². The molecule has 0 saturated carbocycles. The number of ether oxygens (including phenoxy) is 2. The molecule has 0 radical (unpaired) electrons. The van der Waals surface area contributed by atoms with Crippen molar-refractivity contribution in [1.29, 1.82) is 0 Å². The zero-order valence-corrected chi connectivity index (χ0v) is 19.6. The Kier molecular flexibility index (Phi) is 9.30. The van der Waals surface area contributed by atoms with Crippen LogP contribution in [-0.2, 0) is 0 Å². The minimum Gasteiger partial charge on any atom is -0.493 e. The first kappa shape index (κ1) is 23.1. The van der Waals surface area contributed by atoms with E-state index in [4.69, 9.17) is 9.47 Å². The number of rotatable bonds is 6. The summed E-state index contributed by atoms with van der Waals surface area (Å²) in [6.45, 7) is 6.34. The van der Waals surface area contributed by atoms with Crippen molar-refractivity contribution >= 4 is 35.8 Å². The molecule has 1 aliphatic heterocycles. The number of nitrogens with zero attached hydrogens (tertiary/aromatic N) is 4. The average molecular weight is 511 g/mol. The Morgan fingerprint density at radius 2 is 1.79 bits per heavy atom. The van der Waals surface area contributed by atoms with E-state index >= 15 is 0 Å². The maximum atomic E-state index is 6.02. The second-order valence-corrected chi connectivity index (χ2v) is 6.67. The van der Waals surface area contributed by atoms with Gasteiger partial charge in [-0.1, -0.05) is 18.2 Å². The van der Waals surface area contributed by atoms with Crippen LogP contribution < -0.4 is 19.7 Å². The normalized spacial score (nSPS) is 15.3. The van der Waals surface area contributed by atoms with Gasteiger partial charge in [-0.2, -0.15) is 0 Å². The van der Waals surface area contributed by atoms with Gasteiger partial charge in [0.25, 0.3) is 0 Å². The summed E-state index contributed by atoms with van der Waals surface area (Å²) in [5.74, 6) is 3.42. The molecule has 3 rings (SSSR count). The quantitative estimate of drug-likeness (QED) is 0.366. The molecule has 1 N–H and O–H groups in total. The number of aromatic nitrogens is 1. The highest BCUT2D eigenvalue weighted by atomic mass is 127. The van der Waals surface area contributed by atoms with E-state index in [2.05, 4.69) is 31.2 Å². The van der Waals surface area contributed by atoms with Crippen molar-refractivity contribution < 1.29 is 9.47 Å². The Labute approximate surface area is 190 Å². The van der Waals surface area contributed by atoms with Crippen molar-refractivity contribution in [3.8, 4) is 11.5 Å². The average Bonchev–Trinajstić information content (AvgIpc) is 2.75. The van der Waals surface area contributed by atoms with Gasteiger partial charge in [0.05, 0.1) is 13.7 Å². The lowest BCUT2D eigenvalue weighted by molar-refractivity contribution is 0.211. The van der Waals surface area contributed by atoms with E-state index in [1.165, 1.54) is 0 Å². The van der Waals surface area contributed by atoms with Gasteiger partial charge in [-0.3, -0.25) is 4.99 Å². The van der Waals surface area contributed by atoms with Crippen LogP contribution in [0.3, 0.4) is 0 Å². The number of methoxy groups -OCH3 is 1. The monoisotopic (exact) mass is 511 g/mol. The number of hydrogen-bond acceptors (Lipinski definition) is 5. The first-order valence-electron chi connectivity index (χ1n) is 9.62. The van der Waals surface area contributed by atoms with Crippen LogP contribution >= 0.6 is 24.0 Å². The number of piperazine rings is 1. The van der Waals surface area contributed by atoms with Gasteiger partial charge in [0.2, 0.25) is 0 Å². The number of aliphatic imine (C=N–C) groups is 1. The number of benzene rings is 1. The molecule has 29 heavy (non-hydrogen) atoms. The number of para-hydroxylation sites is 2. The number of pyridine rings is 1. The molecule has 2 heterocycles. The Hall–Kier alpha value is -2.23. The highest BCUT2D eigenvalue weighted by molar-refractivity contribution is 14.0. The fourth-order valence-corrected chi connectivity index (χ4v) is 3.23. The summed E-state index contributed by atoms with van der Waals surface area (Å²) in [5, 5.41) is 3.43. The zero-order chi connectivity index (χ0) is 19.8. The minimum atomic E-state index is -0.0251. The van der Waals surface area contributed by atoms with Gasteiger partial charge >= 0.3 is 0 Å². The van der Waals surface area contributed by atoms with E-state index < -0.39 is 0 Å². The van der Waals surface area contributed by atoms with Crippen LogP contribution in [0.5, 0.6) is 11.5 Å². The van der Waals surface area contributed by atoms with E-state index in [0.717, 1.165) is 49.5 Å². The van der Waals surface area contributed by atoms with E-state index in [0.29, 0.717) is 6.54 Å². The highest BCUT2D eigenvalue weighted by Crippen LogP contribution is 2.26. The van der Waals surface area contributed by atoms with Gasteiger partial charge in [-0.15, -0.1) is 24.0 Å². The van der Waals surface area contributed by atoms with Gasteiger partial charge < -0.3 is 24.6 Å². The van der Waals surface area contributed by atoms with Crippen LogP contribution in [0.15, 0.2) is 53.7 Å². The smallest absolute Gasteiger partial charge is 0.193 e. The third-order valence-electron chi connectivity index (χ3n) is 4.71.